The van der Waals surface area contributed by atoms with Crippen LogP contribution in [0.3, 0.4) is 0 Å². The second-order valence-electron chi connectivity index (χ2n) is 4.38. The molecule has 0 aliphatic heterocycles. The first kappa shape index (κ1) is 16.0. The zero-order valence-corrected chi connectivity index (χ0v) is 13.5. The van der Waals surface area contributed by atoms with E-state index in [4.69, 9.17) is 9.47 Å². The number of thioether (sulfide) groups is 1. The van der Waals surface area contributed by atoms with Gasteiger partial charge in [-0.1, -0.05) is 0 Å². The lowest BCUT2D eigenvalue weighted by molar-refractivity contribution is 0.262. The maximum Gasteiger partial charge on any atom is 0.323 e. The average Bonchev–Trinajstić information content (AvgIpc) is 2.55. The third kappa shape index (κ3) is 4.08. The van der Waals surface area contributed by atoms with E-state index >= 15 is 0 Å². The summed E-state index contributed by atoms with van der Waals surface area (Å²) in [6.45, 7) is 0. The number of amides is 2. The fourth-order valence-electron chi connectivity index (χ4n) is 1.88. The van der Waals surface area contributed by atoms with Gasteiger partial charge >= 0.3 is 6.03 Å². The largest absolute Gasteiger partial charge is 0.493 e. The Morgan fingerprint density at radius 2 is 1.50 bits per heavy atom. The van der Waals surface area contributed by atoms with E-state index in [1.54, 1.807) is 44.2 Å². The molecule has 22 heavy (non-hydrogen) atoms. The van der Waals surface area contributed by atoms with Gasteiger partial charge in [-0.3, -0.25) is 0 Å². The Kier molecular flexibility index (Phi) is 5.55. The van der Waals surface area contributed by atoms with Crippen molar-refractivity contribution in [3.63, 3.8) is 0 Å². The van der Waals surface area contributed by atoms with Crippen molar-refractivity contribution in [1.29, 1.82) is 0 Å². The molecule has 2 N–H and O–H groups in total. The summed E-state index contributed by atoms with van der Waals surface area (Å²) in [5.74, 6) is 1.17. The number of benzene rings is 2. The Balaban J connectivity index is 2.02. The highest BCUT2D eigenvalue weighted by molar-refractivity contribution is 7.98. The number of carbonyl (C=O) groups is 1. The molecule has 116 valence electrons. The summed E-state index contributed by atoms with van der Waals surface area (Å²) in [5, 5.41) is 5.53. The van der Waals surface area contributed by atoms with Crippen LogP contribution in [0.4, 0.5) is 16.2 Å². The Hall–Kier alpha value is -2.34. The van der Waals surface area contributed by atoms with E-state index in [1.165, 1.54) is 0 Å². The first-order chi connectivity index (χ1) is 10.7. The third-order valence-corrected chi connectivity index (χ3v) is 3.73. The number of ether oxygens (including phenoxy) is 2. The minimum Gasteiger partial charge on any atom is -0.493 e. The molecule has 0 atom stereocenters. The van der Waals surface area contributed by atoms with Crippen LogP contribution in [0.1, 0.15) is 0 Å². The van der Waals surface area contributed by atoms with Gasteiger partial charge < -0.3 is 20.1 Å². The van der Waals surface area contributed by atoms with Crippen molar-refractivity contribution in [2.24, 2.45) is 0 Å². The van der Waals surface area contributed by atoms with E-state index in [9.17, 15) is 4.79 Å². The van der Waals surface area contributed by atoms with Crippen LogP contribution in [0.5, 0.6) is 11.5 Å². The van der Waals surface area contributed by atoms with Crippen LogP contribution in [-0.4, -0.2) is 26.5 Å². The van der Waals surface area contributed by atoms with Gasteiger partial charge in [-0.15, -0.1) is 11.8 Å². The number of anilines is 2. The quantitative estimate of drug-likeness (QED) is 0.816. The molecule has 2 aromatic carbocycles. The van der Waals surface area contributed by atoms with Gasteiger partial charge in [0.15, 0.2) is 11.5 Å². The molecule has 0 heterocycles. The molecule has 2 amide bonds. The average molecular weight is 318 g/mol. The van der Waals surface area contributed by atoms with E-state index in [-0.39, 0.29) is 6.03 Å². The van der Waals surface area contributed by atoms with E-state index < -0.39 is 0 Å². The van der Waals surface area contributed by atoms with E-state index in [1.807, 2.05) is 30.5 Å². The predicted octanol–water partition coefficient (Wildman–Crippen LogP) is 4.07. The van der Waals surface area contributed by atoms with Crippen LogP contribution in [0.2, 0.25) is 0 Å². The highest BCUT2D eigenvalue weighted by atomic mass is 32.2. The molecular formula is C16H18N2O3S. The van der Waals surface area contributed by atoms with Crippen LogP contribution in [0, 0.1) is 0 Å². The monoisotopic (exact) mass is 318 g/mol. The van der Waals surface area contributed by atoms with E-state index in [0.717, 1.165) is 10.6 Å². The molecule has 0 saturated heterocycles. The smallest absolute Gasteiger partial charge is 0.323 e. The lowest BCUT2D eigenvalue weighted by Gasteiger charge is -2.11. The zero-order chi connectivity index (χ0) is 15.9. The van der Waals surface area contributed by atoms with Gasteiger partial charge in [-0.25, -0.2) is 4.79 Å². The van der Waals surface area contributed by atoms with Crippen molar-refractivity contribution in [2.45, 2.75) is 4.90 Å². The van der Waals surface area contributed by atoms with Gasteiger partial charge in [-0.2, -0.15) is 0 Å². The summed E-state index contributed by atoms with van der Waals surface area (Å²) < 4.78 is 10.4. The molecule has 5 nitrogen and oxygen atoms in total. The van der Waals surface area contributed by atoms with Crippen molar-refractivity contribution >= 4 is 29.2 Å². The molecule has 0 aliphatic carbocycles. The predicted molar refractivity (Wildman–Crippen MR) is 90.4 cm³/mol. The highest BCUT2D eigenvalue weighted by Crippen LogP contribution is 2.29. The SMILES string of the molecule is COc1ccc(NC(=O)Nc2ccc(SC)cc2)cc1OC. The van der Waals surface area contributed by atoms with Crippen LogP contribution in [0.15, 0.2) is 47.4 Å². The molecule has 2 rings (SSSR count). The standard InChI is InChI=1S/C16H18N2O3S/c1-20-14-9-6-12(10-15(14)21-2)18-16(19)17-11-4-7-13(22-3)8-5-11/h4-10H,1-3H3,(H2,17,18,19). The van der Waals surface area contributed by atoms with Gasteiger partial charge in [0.25, 0.3) is 0 Å². The molecule has 2 aromatic rings. The van der Waals surface area contributed by atoms with Crippen LogP contribution in [-0.2, 0) is 0 Å². The van der Waals surface area contributed by atoms with Crippen molar-refractivity contribution in [2.75, 3.05) is 31.1 Å². The molecule has 0 saturated carbocycles. The molecule has 0 fully saturated rings. The topological polar surface area (TPSA) is 59.6 Å². The van der Waals surface area contributed by atoms with Gasteiger partial charge in [0.1, 0.15) is 0 Å². The fourth-order valence-corrected chi connectivity index (χ4v) is 2.29. The van der Waals surface area contributed by atoms with Crippen molar-refractivity contribution in [3.05, 3.63) is 42.5 Å². The first-order valence-corrected chi connectivity index (χ1v) is 7.83. The fraction of sp³-hybridized carbons (Fsp3) is 0.188. The molecule has 6 heteroatoms. The molecule has 0 radical (unpaired) electrons. The summed E-state index contributed by atoms with van der Waals surface area (Å²) in [7, 11) is 3.12. The number of methoxy groups -OCH3 is 2. The maximum absolute atomic E-state index is 12.0. The van der Waals surface area contributed by atoms with Gasteiger partial charge in [0.2, 0.25) is 0 Å². The molecule has 0 aromatic heterocycles. The number of nitrogens with one attached hydrogen (secondary N) is 2. The number of hydrogen-bond acceptors (Lipinski definition) is 4. The van der Waals surface area contributed by atoms with Gasteiger partial charge in [0, 0.05) is 22.3 Å². The Labute approximate surface area is 134 Å². The van der Waals surface area contributed by atoms with Crippen LogP contribution < -0.4 is 20.1 Å². The summed E-state index contributed by atoms with van der Waals surface area (Å²) >= 11 is 1.65. The first-order valence-electron chi connectivity index (χ1n) is 6.60. The van der Waals surface area contributed by atoms with Crippen LogP contribution >= 0.6 is 11.8 Å². The van der Waals surface area contributed by atoms with E-state index in [2.05, 4.69) is 10.6 Å². The minimum absolute atomic E-state index is 0.316. The van der Waals surface area contributed by atoms with Crippen molar-refractivity contribution < 1.29 is 14.3 Å². The minimum atomic E-state index is -0.316. The lowest BCUT2D eigenvalue weighted by Crippen LogP contribution is -2.19. The van der Waals surface area contributed by atoms with Gasteiger partial charge in [0.05, 0.1) is 14.2 Å². The number of rotatable bonds is 5. The summed E-state index contributed by atoms with van der Waals surface area (Å²) in [6.07, 6.45) is 2.01. The van der Waals surface area contributed by atoms with Crippen LogP contribution in [0.25, 0.3) is 0 Å². The van der Waals surface area contributed by atoms with Crippen molar-refractivity contribution in [3.8, 4) is 11.5 Å². The van der Waals surface area contributed by atoms with Gasteiger partial charge in [-0.05, 0) is 42.7 Å². The Morgan fingerprint density at radius 3 is 2.09 bits per heavy atom. The summed E-state index contributed by atoms with van der Waals surface area (Å²) in [6, 6.07) is 12.5. The number of urea groups is 1. The second kappa shape index (κ2) is 7.61. The number of carbonyl (C=O) groups excluding carboxylic acids is 1. The van der Waals surface area contributed by atoms with E-state index in [0.29, 0.717) is 17.2 Å². The zero-order valence-electron chi connectivity index (χ0n) is 12.7. The Morgan fingerprint density at radius 1 is 0.909 bits per heavy atom. The third-order valence-electron chi connectivity index (χ3n) is 2.99. The molecule has 0 spiro atoms. The molecule has 0 bridgehead atoms. The van der Waals surface area contributed by atoms with Crippen molar-refractivity contribution in [1.82, 2.24) is 0 Å². The molecule has 0 unspecified atom stereocenters. The summed E-state index contributed by atoms with van der Waals surface area (Å²) in [4.78, 5) is 13.1. The Bertz CT molecular complexity index is 644. The highest BCUT2D eigenvalue weighted by Gasteiger charge is 2.07. The summed E-state index contributed by atoms with van der Waals surface area (Å²) in [5.41, 5.74) is 1.35. The second-order valence-corrected chi connectivity index (χ2v) is 5.26. The normalized spacial score (nSPS) is 9.95. The number of hydrogen-bond donors (Lipinski definition) is 2. The maximum atomic E-state index is 12.0. The molecule has 0 aliphatic rings. The molecular weight excluding hydrogens is 300 g/mol. The lowest BCUT2D eigenvalue weighted by atomic mass is 10.2.